The van der Waals surface area contributed by atoms with Gasteiger partial charge in [0.2, 0.25) is 0 Å². The molecule has 7 heteroatoms. The van der Waals surface area contributed by atoms with E-state index in [0.29, 0.717) is 5.88 Å². The highest BCUT2D eigenvalue weighted by molar-refractivity contribution is 6.17. The number of rotatable bonds is 5. The molecule has 1 saturated heterocycles. The molecule has 0 bridgehead atoms. The zero-order chi connectivity index (χ0) is 19.5. The summed E-state index contributed by atoms with van der Waals surface area (Å²) < 4.78 is 1.94. The Morgan fingerprint density at radius 3 is 2.57 bits per heavy atom. The van der Waals surface area contributed by atoms with E-state index in [9.17, 15) is 0 Å². The lowest BCUT2D eigenvalue weighted by Crippen LogP contribution is -2.48. The largest absolute Gasteiger partial charge is 0.352 e. The lowest BCUT2D eigenvalue weighted by Gasteiger charge is -2.42. The number of nitrogens with zero attached hydrogens (tertiary/aromatic N) is 6. The minimum atomic E-state index is 0.264. The van der Waals surface area contributed by atoms with E-state index in [1.54, 1.807) is 12.4 Å². The number of aryl methyl sites for hydroxylation is 1. The van der Waals surface area contributed by atoms with E-state index < -0.39 is 0 Å². The molecule has 0 aliphatic carbocycles. The predicted octanol–water partition coefficient (Wildman–Crippen LogP) is 3.32. The summed E-state index contributed by atoms with van der Waals surface area (Å²) in [4.78, 5) is 13.6. The monoisotopic (exact) mass is 396 g/mol. The molecular formula is C21H25ClN6. The van der Waals surface area contributed by atoms with Crippen LogP contribution in [0.1, 0.15) is 28.4 Å². The van der Waals surface area contributed by atoms with Gasteiger partial charge in [-0.3, -0.25) is 14.6 Å². The van der Waals surface area contributed by atoms with Crippen molar-refractivity contribution in [1.29, 1.82) is 0 Å². The van der Waals surface area contributed by atoms with E-state index >= 15 is 0 Å². The third-order valence-electron chi connectivity index (χ3n) is 5.59. The van der Waals surface area contributed by atoms with Gasteiger partial charge in [-0.05, 0) is 18.1 Å². The third kappa shape index (κ3) is 3.88. The van der Waals surface area contributed by atoms with E-state index in [4.69, 9.17) is 11.6 Å². The van der Waals surface area contributed by atoms with Crippen LogP contribution < -0.4 is 4.90 Å². The molecule has 3 heterocycles. The Morgan fingerprint density at radius 1 is 1.11 bits per heavy atom. The molecule has 0 saturated carbocycles. The Labute approximate surface area is 170 Å². The van der Waals surface area contributed by atoms with Gasteiger partial charge in [-0.1, -0.05) is 24.3 Å². The molecular weight excluding hydrogens is 372 g/mol. The number of halogens is 1. The summed E-state index contributed by atoms with van der Waals surface area (Å²) in [6.07, 6.45) is 7.30. The van der Waals surface area contributed by atoms with Gasteiger partial charge in [0, 0.05) is 62.8 Å². The molecule has 1 fully saturated rings. The van der Waals surface area contributed by atoms with Crippen molar-refractivity contribution in [2.24, 2.45) is 7.05 Å². The van der Waals surface area contributed by atoms with Gasteiger partial charge in [0.1, 0.15) is 5.82 Å². The highest BCUT2D eigenvalue weighted by atomic mass is 35.5. The van der Waals surface area contributed by atoms with Crippen LogP contribution in [0.25, 0.3) is 0 Å². The fourth-order valence-electron chi connectivity index (χ4n) is 3.74. The van der Waals surface area contributed by atoms with Crippen molar-refractivity contribution in [1.82, 2.24) is 24.6 Å². The van der Waals surface area contributed by atoms with Crippen LogP contribution >= 0.6 is 11.6 Å². The Morgan fingerprint density at radius 2 is 1.93 bits per heavy atom. The number of hydrogen-bond acceptors (Lipinski definition) is 5. The number of anilines is 1. The summed E-state index contributed by atoms with van der Waals surface area (Å²) in [5.41, 5.74) is 4.93. The van der Waals surface area contributed by atoms with Crippen molar-refractivity contribution in [2.45, 2.75) is 25.4 Å². The van der Waals surface area contributed by atoms with Crippen LogP contribution in [0.2, 0.25) is 0 Å². The normalized spacial score (nSPS) is 17.8. The minimum Gasteiger partial charge on any atom is -0.352 e. The number of hydrogen-bond donors (Lipinski definition) is 0. The van der Waals surface area contributed by atoms with Crippen LogP contribution in [-0.2, 0) is 19.5 Å². The molecule has 0 amide bonds. The maximum atomic E-state index is 5.98. The quantitative estimate of drug-likeness (QED) is 0.619. The molecule has 1 unspecified atom stereocenters. The molecule has 0 radical (unpaired) electrons. The SMILES string of the molecule is Cc1c(CN2CCN(c3cnccn3)CC2c2ccc(CCl)cc2)cnn1C. The molecule has 1 aliphatic rings. The van der Waals surface area contributed by atoms with Crippen molar-refractivity contribution in [3.8, 4) is 0 Å². The number of benzene rings is 1. The summed E-state index contributed by atoms with van der Waals surface area (Å²) in [7, 11) is 1.99. The fraction of sp³-hybridized carbons (Fsp3) is 0.381. The van der Waals surface area contributed by atoms with Gasteiger partial charge in [0.25, 0.3) is 0 Å². The smallest absolute Gasteiger partial charge is 0.147 e. The highest BCUT2D eigenvalue weighted by Gasteiger charge is 2.29. The van der Waals surface area contributed by atoms with Crippen LogP contribution in [0.4, 0.5) is 5.82 Å². The van der Waals surface area contributed by atoms with Crippen LogP contribution in [-0.4, -0.2) is 44.3 Å². The maximum Gasteiger partial charge on any atom is 0.147 e. The first-order valence-corrected chi connectivity index (χ1v) is 10.1. The Hall–Kier alpha value is -2.44. The molecule has 3 aromatic rings. The first-order chi connectivity index (χ1) is 13.7. The van der Waals surface area contributed by atoms with Crippen LogP contribution in [0.15, 0.2) is 49.1 Å². The summed E-state index contributed by atoms with van der Waals surface area (Å²) in [6.45, 7) is 5.76. The summed E-state index contributed by atoms with van der Waals surface area (Å²) in [6, 6.07) is 8.91. The summed E-state index contributed by atoms with van der Waals surface area (Å²) in [5, 5.41) is 4.41. The molecule has 1 aliphatic heterocycles. The van der Waals surface area contributed by atoms with Gasteiger partial charge < -0.3 is 4.90 Å². The van der Waals surface area contributed by atoms with Gasteiger partial charge in [-0.25, -0.2) is 4.98 Å². The molecule has 1 aromatic carbocycles. The van der Waals surface area contributed by atoms with Crippen molar-refractivity contribution >= 4 is 17.4 Å². The minimum absolute atomic E-state index is 0.264. The topological polar surface area (TPSA) is 50.1 Å². The van der Waals surface area contributed by atoms with E-state index in [-0.39, 0.29) is 6.04 Å². The Bertz CT molecular complexity index is 908. The molecule has 4 rings (SSSR count). The highest BCUT2D eigenvalue weighted by Crippen LogP contribution is 2.30. The fourth-order valence-corrected chi connectivity index (χ4v) is 3.91. The molecule has 146 valence electrons. The third-order valence-corrected chi connectivity index (χ3v) is 5.90. The van der Waals surface area contributed by atoms with E-state index in [0.717, 1.165) is 37.6 Å². The van der Waals surface area contributed by atoms with Crippen molar-refractivity contribution in [2.75, 3.05) is 24.5 Å². The van der Waals surface area contributed by atoms with E-state index in [1.807, 2.05) is 24.1 Å². The zero-order valence-corrected chi connectivity index (χ0v) is 17.0. The van der Waals surface area contributed by atoms with Crippen LogP contribution in [0, 0.1) is 6.92 Å². The lowest BCUT2D eigenvalue weighted by atomic mass is 10.00. The summed E-state index contributed by atoms with van der Waals surface area (Å²) >= 11 is 5.98. The van der Waals surface area contributed by atoms with Gasteiger partial charge in [-0.2, -0.15) is 5.10 Å². The van der Waals surface area contributed by atoms with Gasteiger partial charge >= 0.3 is 0 Å². The van der Waals surface area contributed by atoms with Gasteiger partial charge in [0.05, 0.1) is 18.4 Å². The van der Waals surface area contributed by atoms with Gasteiger partial charge in [0.15, 0.2) is 0 Å². The van der Waals surface area contributed by atoms with Gasteiger partial charge in [-0.15, -0.1) is 11.6 Å². The van der Waals surface area contributed by atoms with E-state index in [2.05, 4.69) is 56.1 Å². The van der Waals surface area contributed by atoms with Crippen LogP contribution in [0.3, 0.4) is 0 Å². The average molecular weight is 397 g/mol. The average Bonchev–Trinajstić information content (AvgIpc) is 3.07. The molecule has 0 spiro atoms. The lowest BCUT2D eigenvalue weighted by molar-refractivity contribution is 0.168. The maximum absolute atomic E-state index is 5.98. The first kappa shape index (κ1) is 18.9. The molecule has 28 heavy (non-hydrogen) atoms. The Kier molecular flexibility index (Phi) is 5.59. The summed E-state index contributed by atoms with van der Waals surface area (Å²) in [5.74, 6) is 1.47. The van der Waals surface area contributed by atoms with Crippen molar-refractivity contribution < 1.29 is 0 Å². The molecule has 6 nitrogen and oxygen atoms in total. The number of aromatic nitrogens is 4. The second kappa shape index (κ2) is 8.29. The second-order valence-electron chi connectivity index (χ2n) is 7.25. The number of alkyl halides is 1. The van der Waals surface area contributed by atoms with E-state index in [1.165, 1.54) is 16.8 Å². The first-order valence-electron chi connectivity index (χ1n) is 9.53. The van der Waals surface area contributed by atoms with Crippen LogP contribution in [0.5, 0.6) is 0 Å². The predicted molar refractivity (Wildman–Crippen MR) is 111 cm³/mol. The molecule has 2 aromatic heterocycles. The molecule has 0 N–H and O–H groups in total. The Balaban J connectivity index is 1.61. The van der Waals surface area contributed by atoms with Crippen molar-refractivity contribution in [3.63, 3.8) is 0 Å². The molecule has 1 atom stereocenters. The number of piperazine rings is 1. The van der Waals surface area contributed by atoms with Crippen molar-refractivity contribution in [3.05, 3.63) is 71.4 Å². The zero-order valence-electron chi connectivity index (χ0n) is 16.3. The standard InChI is InChI=1S/C21H25ClN6/c1-16-19(12-25-26(16)2)14-27-9-10-28(21-13-23-7-8-24-21)15-20(27)18-5-3-17(11-22)4-6-18/h3-8,12-13,20H,9-11,14-15H2,1-2H3. The second-order valence-corrected chi connectivity index (χ2v) is 7.52.